The Kier molecular flexibility index (Phi) is 8.03. The van der Waals surface area contributed by atoms with Gasteiger partial charge in [-0.3, -0.25) is 4.79 Å². The fraction of sp³-hybridized carbons (Fsp3) is 0.444. The predicted molar refractivity (Wildman–Crippen MR) is 131 cm³/mol. The zero-order valence-electron chi connectivity index (χ0n) is 20.5. The number of hydrogen-bond donors (Lipinski definition) is 0. The lowest BCUT2D eigenvalue weighted by Crippen LogP contribution is -2.28. The summed E-state index contributed by atoms with van der Waals surface area (Å²) in [6, 6.07) is 3.57. The zero-order valence-corrected chi connectivity index (χ0v) is 20.5. The van der Waals surface area contributed by atoms with Crippen LogP contribution in [0.2, 0.25) is 0 Å². The third-order valence-electron chi connectivity index (χ3n) is 5.56. The maximum atomic E-state index is 13.1. The molecule has 33 heavy (non-hydrogen) atoms. The molecule has 0 bridgehead atoms. The number of rotatable bonds is 10. The topological polar surface area (TPSA) is 57.2 Å². The number of methoxy groups -OCH3 is 2. The minimum absolute atomic E-state index is 0.0445. The number of hydrogen-bond acceptors (Lipinski definition) is 6. The number of fused-ring (bicyclic) bond motifs is 1. The molecule has 1 aromatic carbocycles. The summed E-state index contributed by atoms with van der Waals surface area (Å²) >= 11 is 0. The van der Waals surface area contributed by atoms with Gasteiger partial charge in [-0.1, -0.05) is 6.08 Å². The van der Waals surface area contributed by atoms with E-state index in [1.807, 2.05) is 58.3 Å². The number of benzene rings is 1. The fourth-order valence-corrected chi connectivity index (χ4v) is 3.79. The van der Waals surface area contributed by atoms with Gasteiger partial charge < -0.3 is 23.8 Å². The second-order valence-electron chi connectivity index (χ2n) is 9.03. The van der Waals surface area contributed by atoms with Gasteiger partial charge in [0.25, 0.3) is 0 Å². The van der Waals surface area contributed by atoms with E-state index in [9.17, 15) is 4.79 Å². The van der Waals surface area contributed by atoms with Gasteiger partial charge in [0.05, 0.1) is 32.0 Å². The minimum Gasteiger partial charge on any atom is -0.496 e. The van der Waals surface area contributed by atoms with Crippen molar-refractivity contribution in [3.05, 3.63) is 65.2 Å². The molecule has 1 heterocycles. The molecule has 0 N–H and O–H groups in total. The second-order valence-corrected chi connectivity index (χ2v) is 9.03. The average Bonchev–Trinajstić information content (AvgIpc) is 2.78. The number of carbonyl (C=O) groups excluding carboxylic acids is 1. The molecule has 6 nitrogen and oxygen atoms in total. The van der Waals surface area contributed by atoms with E-state index in [1.54, 1.807) is 32.4 Å². The summed E-state index contributed by atoms with van der Waals surface area (Å²) in [5, 5.41) is 0. The Hall–Kier alpha value is -2.99. The number of carbonyl (C=O) groups is 1. The molecule has 1 aliphatic carbocycles. The van der Waals surface area contributed by atoms with E-state index in [1.165, 1.54) is 0 Å². The van der Waals surface area contributed by atoms with Crippen molar-refractivity contribution in [2.45, 2.75) is 32.3 Å². The van der Waals surface area contributed by atoms with Crippen molar-refractivity contribution in [3.63, 3.8) is 0 Å². The molecule has 1 unspecified atom stereocenters. The van der Waals surface area contributed by atoms with Crippen molar-refractivity contribution in [2.24, 2.45) is 5.92 Å². The highest BCUT2D eigenvalue weighted by Crippen LogP contribution is 2.40. The van der Waals surface area contributed by atoms with Crippen LogP contribution in [-0.4, -0.2) is 57.8 Å². The summed E-state index contributed by atoms with van der Waals surface area (Å²) in [4.78, 5) is 15.2. The summed E-state index contributed by atoms with van der Waals surface area (Å²) in [5.41, 5.74) is 0.812. The van der Waals surface area contributed by atoms with E-state index in [-0.39, 0.29) is 11.7 Å². The SMILES string of the molecule is COC1=CCC(/C=C/C(=O)c2ccc(OC)c3c2OC(C)(C)C=C3)C=C1OCCCN(C)C. The van der Waals surface area contributed by atoms with Gasteiger partial charge in [-0.2, -0.15) is 0 Å². The molecule has 0 aromatic heterocycles. The first-order valence-corrected chi connectivity index (χ1v) is 11.3. The van der Waals surface area contributed by atoms with Crippen molar-refractivity contribution in [1.82, 2.24) is 4.90 Å². The molecular weight excluding hydrogens is 418 g/mol. The van der Waals surface area contributed by atoms with Gasteiger partial charge in [0.15, 0.2) is 17.3 Å². The number of nitrogens with zero attached hydrogens (tertiary/aromatic N) is 1. The average molecular weight is 454 g/mol. The molecule has 2 aliphatic rings. The molecule has 0 saturated heterocycles. The van der Waals surface area contributed by atoms with E-state index in [4.69, 9.17) is 18.9 Å². The van der Waals surface area contributed by atoms with E-state index >= 15 is 0 Å². The summed E-state index contributed by atoms with van der Waals surface area (Å²) < 4.78 is 23.0. The molecule has 0 fully saturated rings. The van der Waals surface area contributed by atoms with Crippen LogP contribution in [0.5, 0.6) is 11.5 Å². The first-order valence-electron chi connectivity index (χ1n) is 11.3. The van der Waals surface area contributed by atoms with Gasteiger partial charge in [0, 0.05) is 12.5 Å². The molecule has 178 valence electrons. The normalized spacial score (nSPS) is 18.9. The first kappa shape index (κ1) is 24.6. The Morgan fingerprint density at radius 3 is 2.70 bits per heavy atom. The molecular formula is C27H35NO5. The van der Waals surface area contributed by atoms with E-state index < -0.39 is 5.60 Å². The standard InChI is InChI=1S/C27H35NO5/c1-27(2)15-14-21-23(30-5)13-10-20(26(21)33-27)22(29)11-8-19-9-12-24(31-6)25(18-19)32-17-7-16-28(3)4/h8,10-15,18-19H,7,9,16-17H2,1-6H3/b11-8+. The summed E-state index contributed by atoms with van der Waals surface area (Å²) in [5.74, 6) is 2.64. The van der Waals surface area contributed by atoms with Gasteiger partial charge in [0.1, 0.15) is 17.1 Å². The smallest absolute Gasteiger partial charge is 0.189 e. The number of ether oxygens (including phenoxy) is 4. The summed E-state index contributed by atoms with van der Waals surface area (Å²) in [6.45, 7) is 5.49. The molecule has 0 amide bonds. The summed E-state index contributed by atoms with van der Waals surface area (Å²) in [6.07, 6.45) is 13.1. The highest BCUT2D eigenvalue weighted by Gasteiger charge is 2.28. The van der Waals surface area contributed by atoms with Crippen LogP contribution < -0.4 is 9.47 Å². The molecule has 0 radical (unpaired) electrons. The molecule has 3 rings (SSSR count). The van der Waals surface area contributed by atoms with Gasteiger partial charge in [0.2, 0.25) is 0 Å². The van der Waals surface area contributed by atoms with Crippen LogP contribution in [0.15, 0.2) is 54.0 Å². The van der Waals surface area contributed by atoms with Crippen molar-refractivity contribution in [2.75, 3.05) is 41.5 Å². The largest absolute Gasteiger partial charge is 0.496 e. The monoisotopic (exact) mass is 453 g/mol. The maximum Gasteiger partial charge on any atom is 0.189 e. The molecule has 1 atom stereocenters. The predicted octanol–water partition coefficient (Wildman–Crippen LogP) is 5.02. The number of ketones is 1. The molecule has 6 heteroatoms. The third kappa shape index (κ3) is 6.29. The van der Waals surface area contributed by atoms with Crippen LogP contribution in [-0.2, 0) is 9.47 Å². The first-order chi connectivity index (χ1) is 15.7. The Bertz CT molecular complexity index is 984. The van der Waals surface area contributed by atoms with Crippen LogP contribution in [0.4, 0.5) is 0 Å². The number of allylic oxidation sites excluding steroid dienone is 4. The van der Waals surface area contributed by atoms with Crippen LogP contribution in [0.3, 0.4) is 0 Å². The van der Waals surface area contributed by atoms with E-state index in [2.05, 4.69) is 4.90 Å². The van der Waals surface area contributed by atoms with Gasteiger partial charge >= 0.3 is 0 Å². The zero-order chi connectivity index (χ0) is 24.0. The lowest BCUT2D eigenvalue weighted by molar-refractivity contribution is 0.103. The fourth-order valence-electron chi connectivity index (χ4n) is 3.79. The van der Waals surface area contributed by atoms with Gasteiger partial charge in [-0.05, 0) is 83.3 Å². The molecule has 0 spiro atoms. The van der Waals surface area contributed by atoms with Crippen LogP contribution in [0.25, 0.3) is 6.08 Å². The summed E-state index contributed by atoms with van der Waals surface area (Å²) in [7, 11) is 7.34. The van der Waals surface area contributed by atoms with E-state index in [0.29, 0.717) is 23.7 Å². The van der Waals surface area contributed by atoms with Gasteiger partial charge in [-0.15, -0.1) is 0 Å². The van der Waals surface area contributed by atoms with Crippen molar-refractivity contribution in [3.8, 4) is 11.5 Å². The second kappa shape index (κ2) is 10.8. The van der Waals surface area contributed by atoms with Crippen molar-refractivity contribution in [1.29, 1.82) is 0 Å². The minimum atomic E-state index is -0.496. The third-order valence-corrected chi connectivity index (χ3v) is 5.56. The van der Waals surface area contributed by atoms with Crippen LogP contribution >= 0.6 is 0 Å². The molecule has 1 aromatic rings. The Labute approximate surface area is 197 Å². The quantitative estimate of drug-likeness (QED) is 0.282. The Morgan fingerprint density at radius 2 is 2.00 bits per heavy atom. The molecule has 1 aliphatic heterocycles. The molecule has 0 saturated carbocycles. The van der Waals surface area contributed by atoms with Crippen molar-refractivity contribution < 1.29 is 23.7 Å². The van der Waals surface area contributed by atoms with Gasteiger partial charge in [-0.25, -0.2) is 0 Å². The highest BCUT2D eigenvalue weighted by molar-refractivity contribution is 6.07. The Balaban J connectivity index is 1.75. The lowest BCUT2D eigenvalue weighted by atomic mass is 9.95. The van der Waals surface area contributed by atoms with Crippen LogP contribution in [0, 0.1) is 5.92 Å². The maximum absolute atomic E-state index is 13.1. The van der Waals surface area contributed by atoms with Crippen LogP contribution in [0.1, 0.15) is 42.6 Å². The highest BCUT2D eigenvalue weighted by atomic mass is 16.5. The Morgan fingerprint density at radius 1 is 1.21 bits per heavy atom. The lowest BCUT2D eigenvalue weighted by Gasteiger charge is -2.29. The van der Waals surface area contributed by atoms with E-state index in [0.717, 1.165) is 36.5 Å². The van der Waals surface area contributed by atoms with Crippen molar-refractivity contribution >= 4 is 11.9 Å².